The smallest absolute Gasteiger partial charge is 0.202 e. The van der Waals surface area contributed by atoms with Crippen molar-refractivity contribution in [2.45, 2.75) is 44.6 Å². The Balaban J connectivity index is 1.70. The minimum atomic E-state index is -0.207. The molecule has 1 fully saturated rings. The highest BCUT2D eigenvalue weighted by Crippen LogP contribution is 2.42. The monoisotopic (exact) mass is 457 g/mol. The number of methoxy groups -OCH3 is 1. The summed E-state index contributed by atoms with van der Waals surface area (Å²) in [7, 11) is 1.68. The van der Waals surface area contributed by atoms with Crippen LogP contribution < -0.4 is 15.0 Å². The van der Waals surface area contributed by atoms with Crippen molar-refractivity contribution < 1.29 is 4.74 Å². The van der Waals surface area contributed by atoms with Gasteiger partial charge in [-0.3, -0.25) is 0 Å². The van der Waals surface area contributed by atoms with Crippen molar-refractivity contribution in [2.24, 2.45) is 4.99 Å². The second-order valence-electron chi connectivity index (χ2n) is 7.46. The zero-order chi connectivity index (χ0) is 19.7. The van der Waals surface area contributed by atoms with Crippen LogP contribution in [0.5, 0.6) is 5.75 Å². The summed E-state index contributed by atoms with van der Waals surface area (Å²) in [5.74, 6) is 1.80. The van der Waals surface area contributed by atoms with Crippen LogP contribution in [-0.2, 0) is 0 Å². The standard InChI is InChI=1S/C22H24BrN3OS/c1-15-6-7-16(14-19(15)23)24-20-22(12-4-3-5-13-22)26(21(28)25-20)17-8-10-18(27-2)11-9-17/h6-11,14H,3-5,12-13H2,1-2H3,(H,24,25,28). The Morgan fingerprint density at radius 2 is 1.82 bits per heavy atom. The van der Waals surface area contributed by atoms with Gasteiger partial charge in [0, 0.05) is 15.8 Å². The number of thiocarbonyl (C=S) groups is 1. The number of benzene rings is 2. The van der Waals surface area contributed by atoms with Gasteiger partial charge in [-0.25, -0.2) is 4.99 Å². The fraction of sp³-hybridized carbons (Fsp3) is 0.364. The van der Waals surface area contributed by atoms with Crippen LogP contribution in [0.3, 0.4) is 0 Å². The molecule has 0 radical (unpaired) electrons. The van der Waals surface area contributed by atoms with Gasteiger partial charge in [0.25, 0.3) is 0 Å². The quantitative estimate of drug-likeness (QED) is 0.566. The average molecular weight is 458 g/mol. The summed E-state index contributed by atoms with van der Waals surface area (Å²) < 4.78 is 6.41. The number of ether oxygens (including phenoxy) is 1. The van der Waals surface area contributed by atoms with Gasteiger partial charge in [-0.1, -0.05) is 41.3 Å². The van der Waals surface area contributed by atoms with Crippen LogP contribution in [0.15, 0.2) is 51.9 Å². The molecule has 0 atom stereocenters. The van der Waals surface area contributed by atoms with Gasteiger partial charge in [0.2, 0.25) is 5.11 Å². The Hall–Kier alpha value is -1.92. The predicted molar refractivity (Wildman–Crippen MR) is 124 cm³/mol. The van der Waals surface area contributed by atoms with E-state index in [2.05, 4.69) is 63.4 Å². The van der Waals surface area contributed by atoms with E-state index in [0.29, 0.717) is 5.11 Å². The Morgan fingerprint density at radius 1 is 1.11 bits per heavy atom. The Morgan fingerprint density at radius 3 is 2.46 bits per heavy atom. The predicted octanol–water partition coefficient (Wildman–Crippen LogP) is 6.08. The minimum absolute atomic E-state index is 0.207. The number of nitrogens with zero attached hydrogens (tertiary/aromatic N) is 2. The average Bonchev–Trinajstić information content (AvgIpc) is 2.96. The highest BCUT2D eigenvalue weighted by Gasteiger charge is 2.49. The van der Waals surface area contributed by atoms with E-state index in [1.165, 1.54) is 24.8 Å². The second-order valence-corrected chi connectivity index (χ2v) is 8.68. The lowest BCUT2D eigenvalue weighted by atomic mass is 9.79. The van der Waals surface area contributed by atoms with Crippen LogP contribution in [0, 0.1) is 6.92 Å². The fourth-order valence-corrected chi connectivity index (χ4v) is 4.93. The van der Waals surface area contributed by atoms with Gasteiger partial charge in [0.15, 0.2) is 0 Å². The summed E-state index contributed by atoms with van der Waals surface area (Å²) in [5.41, 5.74) is 3.10. The molecule has 6 heteroatoms. The number of amidine groups is 1. The SMILES string of the molecule is COc1ccc(N2C(=S)N=C(Nc3ccc(C)c(Br)c3)C23CCCCC3)cc1. The fourth-order valence-electron chi connectivity index (χ4n) is 4.18. The highest BCUT2D eigenvalue weighted by molar-refractivity contribution is 9.10. The van der Waals surface area contributed by atoms with Crippen molar-refractivity contribution in [2.75, 3.05) is 17.3 Å². The van der Waals surface area contributed by atoms with Crippen molar-refractivity contribution in [1.82, 2.24) is 0 Å². The molecule has 28 heavy (non-hydrogen) atoms. The van der Waals surface area contributed by atoms with Crippen molar-refractivity contribution in [3.8, 4) is 5.75 Å². The molecule has 1 heterocycles. The zero-order valence-electron chi connectivity index (χ0n) is 16.2. The lowest BCUT2D eigenvalue weighted by Crippen LogP contribution is -2.55. The van der Waals surface area contributed by atoms with E-state index in [1.807, 2.05) is 12.1 Å². The first-order valence-corrected chi connectivity index (χ1v) is 10.8. The Bertz CT molecular complexity index is 920. The van der Waals surface area contributed by atoms with Crippen molar-refractivity contribution in [3.63, 3.8) is 0 Å². The van der Waals surface area contributed by atoms with Gasteiger partial charge in [-0.05, 0) is 73.9 Å². The third-order valence-corrected chi connectivity index (χ3v) is 6.84. The molecule has 1 aliphatic carbocycles. The molecule has 0 saturated heterocycles. The van der Waals surface area contributed by atoms with Gasteiger partial charge >= 0.3 is 0 Å². The molecular formula is C22H24BrN3OS. The molecular weight excluding hydrogens is 434 g/mol. The Labute approximate surface area is 180 Å². The lowest BCUT2D eigenvalue weighted by Gasteiger charge is -2.43. The van der Waals surface area contributed by atoms with Crippen molar-refractivity contribution in [3.05, 3.63) is 52.5 Å². The first-order valence-electron chi connectivity index (χ1n) is 9.64. The number of hydrogen-bond acceptors (Lipinski definition) is 3. The van der Waals surface area contributed by atoms with E-state index in [1.54, 1.807) is 7.11 Å². The van der Waals surface area contributed by atoms with Crippen molar-refractivity contribution >= 4 is 50.5 Å². The molecule has 2 aromatic carbocycles. The number of nitrogens with one attached hydrogen (secondary N) is 1. The van der Waals surface area contributed by atoms with E-state index in [0.717, 1.165) is 40.3 Å². The maximum Gasteiger partial charge on any atom is 0.202 e. The summed E-state index contributed by atoms with van der Waals surface area (Å²) in [6.07, 6.45) is 5.69. The third-order valence-electron chi connectivity index (χ3n) is 5.71. The molecule has 0 bridgehead atoms. The number of halogens is 1. The number of aliphatic imine (C=N–C) groups is 1. The summed E-state index contributed by atoms with van der Waals surface area (Å²) >= 11 is 9.36. The minimum Gasteiger partial charge on any atom is -0.497 e. The summed E-state index contributed by atoms with van der Waals surface area (Å²) in [4.78, 5) is 7.07. The largest absolute Gasteiger partial charge is 0.497 e. The number of anilines is 2. The van der Waals surface area contributed by atoms with Gasteiger partial charge in [0.05, 0.1) is 7.11 Å². The summed E-state index contributed by atoms with van der Waals surface area (Å²) in [5, 5.41) is 4.21. The van der Waals surface area contributed by atoms with E-state index in [-0.39, 0.29) is 5.54 Å². The molecule has 1 aliphatic heterocycles. The molecule has 0 aromatic heterocycles. The molecule has 1 saturated carbocycles. The van der Waals surface area contributed by atoms with E-state index < -0.39 is 0 Å². The molecule has 2 aromatic rings. The first kappa shape index (κ1) is 19.4. The van der Waals surface area contributed by atoms with Gasteiger partial charge < -0.3 is 15.0 Å². The molecule has 146 valence electrons. The normalized spacial score (nSPS) is 18.3. The summed E-state index contributed by atoms with van der Waals surface area (Å²) in [6, 6.07) is 14.4. The van der Waals surface area contributed by atoms with Gasteiger partial charge in [-0.2, -0.15) is 0 Å². The molecule has 2 aliphatic rings. The zero-order valence-corrected chi connectivity index (χ0v) is 18.6. The van der Waals surface area contributed by atoms with Gasteiger partial charge in [0.1, 0.15) is 17.1 Å². The van der Waals surface area contributed by atoms with E-state index in [9.17, 15) is 0 Å². The topological polar surface area (TPSA) is 36.9 Å². The van der Waals surface area contributed by atoms with E-state index >= 15 is 0 Å². The third kappa shape index (κ3) is 3.44. The first-order chi connectivity index (χ1) is 13.5. The maximum absolute atomic E-state index is 5.74. The molecule has 4 nitrogen and oxygen atoms in total. The molecule has 1 N–H and O–H groups in total. The molecule has 0 unspecified atom stereocenters. The second kappa shape index (κ2) is 7.84. The maximum atomic E-state index is 5.74. The van der Waals surface area contributed by atoms with Crippen LogP contribution in [0.25, 0.3) is 0 Å². The van der Waals surface area contributed by atoms with E-state index in [4.69, 9.17) is 21.9 Å². The molecule has 1 spiro atoms. The van der Waals surface area contributed by atoms with Crippen LogP contribution in [-0.4, -0.2) is 23.6 Å². The number of hydrogen-bond donors (Lipinski definition) is 1. The number of rotatable bonds is 3. The van der Waals surface area contributed by atoms with Gasteiger partial charge in [-0.15, -0.1) is 0 Å². The highest BCUT2D eigenvalue weighted by atomic mass is 79.9. The van der Waals surface area contributed by atoms with Crippen LogP contribution in [0.2, 0.25) is 0 Å². The Kier molecular flexibility index (Phi) is 5.43. The lowest BCUT2D eigenvalue weighted by molar-refractivity contribution is 0.386. The summed E-state index contributed by atoms with van der Waals surface area (Å²) in [6.45, 7) is 2.09. The van der Waals surface area contributed by atoms with Crippen LogP contribution in [0.1, 0.15) is 37.7 Å². The van der Waals surface area contributed by atoms with Crippen molar-refractivity contribution in [1.29, 1.82) is 0 Å². The molecule has 0 amide bonds. The van der Waals surface area contributed by atoms with Crippen LogP contribution >= 0.6 is 28.1 Å². The van der Waals surface area contributed by atoms with Crippen LogP contribution in [0.4, 0.5) is 11.4 Å². The molecule has 4 rings (SSSR count). The number of aryl methyl sites for hydroxylation is 1.